The Morgan fingerprint density at radius 1 is 1.04 bits per heavy atom. The van der Waals surface area contributed by atoms with Gasteiger partial charge in [-0.3, -0.25) is 25.4 Å². The van der Waals surface area contributed by atoms with E-state index in [1.165, 1.54) is 24.5 Å². The SMILES string of the molecule is CCOC(=O)c1ccc(OCC(=O)NNC(=O)c2cccnc2)cc1. The molecule has 0 spiro atoms. The summed E-state index contributed by atoms with van der Waals surface area (Å²) in [5, 5.41) is 0. The average molecular weight is 343 g/mol. The largest absolute Gasteiger partial charge is 0.484 e. The molecule has 25 heavy (non-hydrogen) atoms. The molecule has 130 valence electrons. The van der Waals surface area contributed by atoms with E-state index >= 15 is 0 Å². The summed E-state index contributed by atoms with van der Waals surface area (Å²) in [7, 11) is 0. The number of amides is 2. The number of nitrogens with zero attached hydrogens (tertiary/aromatic N) is 1. The molecule has 0 bridgehead atoms. The molecule has 0 atom stereocenters. The zero-order chi connectivity index (χ0) is 18.1. The van der Waals surface area contributed by atoms with Crippen LogP contribution in [0.3, 0.4) is 0 Å². The van der Waals surface area contributed by atoms with Gasteiger partial charge in [0.15, 0.2) is 6.61 Å². The van der Waals surface area contributed by atoms with Crippen molar-refractivity contribution in [2.75, 3.05) is 13.2 Å². The number of carbonyl (C=O) groups is 3. The molecule has 0 aliphatic heterocycles. The maximum atomic E-state index is 11.7. The van der Waals surface area contributed by atoms with Gasteiger partial charge in [0.05, 0.1) is 17.7 Å². The van der Waals surface area contributed by atoms with Gasteiger partial charge in [0.1, 0.15) is 5.75 Å². The van der Waals surface area contributed by atoms with Gasteiger partial charge in [-0.2, -0.15) is 0 Å². The molecule has 8 heteroatoms. The zero-order valence-corrected chi connectivity index (χ0v) is 13.5. The summed E-state index contributed by atoms with van der Waals surface area (Å²) < 4.78 is 10.1. The van der Waals surface area contributed by atoms with Gasteiger partial charge in [-0.25, -0.2) is 4.79 Å². The number of pyridine rings is 1. The molecular formula is C17H17N3O5. The summed E-state index contributed by atoms with van der Waals surface area (Å²) >= 11 is 0. The number of ether oxygens (including phenoxy) is 2. The second-order valence-corrected chi connectivity index (χ2v) is 4.78. The number of aromatic nitrogens is 1. The van der Waals surface area contributed by atoms with Crippen LogP contribution in [-0.4, -0.2) is 36.0 Å². The van der Waals surface area contributed by atoms with Gasteiger partial charge in [0.25, 0.3) is 11.8 Å². The molecule has 2 rings (SSSR count). The van der Waals surface area contributed by atoms with Crippen molar-refractivity contribution < 1.29 is 23.9 Å². The van der Waals surface area contributed by atoms with Crippen LogP contribution in [0.15, 0.2) is 48.8 Å². The molecule has 0 saturated carbocycles. The second-order valence-electron chi connectivity index (χ2n) is 4.78. The minimum atomic E-state index is -0.535. The van der Waals surface area contributed by atoms with Crippen LogP contribution in [0.5, 0.6) is 5.75 Å². The first-order valence-electron chi connectivity index (χ1n) is 7.49. The molecule has 1 aromatic carbocycles. The first kappa shape index (κ1) is 17.9. The smallest absolute Gasteiger partial charge is 0.338 e. The first-order chi connectivity index (χ1) is 12.1. The van der Waals surface area contributed by atoms with Gasteiger partial charge in [0, 0.05) is 12.4 Å². The van der Waals surface area contributed by atoms with Crippen molar-refractivity contribution in [2.24, 2.45) is 0 Å². The van der Waals surface area contributed by atoms with E-state index in [1.54, 1.807) is 31.2 Å². The molecular weight excluding hydrogens is 326 g/mol. The monoisotopic (exact) mass is 343 g/mol. The molecule has 0 fully saturated rings. The lowest BCUT2D eigenvalue weighted by molar-refractivity contribution is -0.123. The topological polar surface area (TPSA) is 107 Å². The summed E-state index contributed by atoms with van der Waals surface area (Å²) in [6.07, 6.45) is 2.92. The quantitative estimate of drug-likeness (QED) is 0.601. The van der Waals surface area contributed by atoms with Crippen LogP contribution in [0, 0.1) is 0 Å². The Morgan fingerprint density at radius 3 is 2.44 bits per heavy atom. The van der Waals surface area contributed by atoms with E-state index in [0.717, 1.165) is 0 Å². The van der Waals surface area contributed by atoms with Crippen molar-refractivity contribution in [3.63, 3.8) is 0 Å². The number of hydrazine groups is 1. The summed E-state index contributed by atoms with van der Waals surface area (Å²) in [6.45, 7) is 1.72. The third kappa shape index (κ3) is 5.61. The molecule has 0 radical (unpaired) electrons. The normalized spacial score (nSPS) is 9.80. The number of hydrogen-bond donors (Lipinski definition) is 2. The van der Waals surface area contributed by atoms with E-state index in [9.17, 15) is 14.4 Å². The average Bonchev–Trinajstić information content (AvgIpc) is 2.65. The number of hydrogen-bond acceptors (Lipinski definition) is 6. The summed E-state index contributed by atoms with van der Waals surface area (Å²) in [5.41, 5.74) is 5.19. The van der Waals surface area contributed by atoms with Crippen molar-refractivity contribution in [3.8, 4) is 5.75 Å². The van der Waals surface area contributed by atoms with E-state index in [4.69, 9.17) is 9.47 Å². The summed E-state index contributed by atoms with van der Waals surface area (Å²) in [4.78, 5) is 38.7. The lowest BCUT2D eigenvalue weighted by Gasteiger charge is -2.09. The van der Waals surface area contributed by atoms with Crippen LogP contribution in [0.4, 0.5) is 0 Å². The van der Waals surface area contributed by atoms with Gasteiger partial charge in [-0.1, -0.05) is 0 Å². The fourth-order valence-corrected chi connectivity index (χ4v) is 1.78. The highest BCUT2D eigenvalue weighted by Crippen LogP contribution is 2.12. The van der Waals surface area contributed by atoms with Crippen LogP contribution < -0.4 is 15.6 Å². The highest BCUT2D eigenvalue weighted by molar-refractivity contribution is 5.95. The Morgan fingerprint density at radius 2 is 1.80 bits per heavy atom. The molecule has 2 aromatic rings. The fourth-order valence-electron chi connectivity index (χ4n) is 1.78. The van der Waals surface area contributed by atoms with Crippen molar-refractivity contribution in [2.45, 2.75) is 6.92 Å². The highest BCUT2D eigenvalue weighted by Gasteiger charge is 2.09. The lowest BCUT2D eigenvalue weighted by atomic mass is 10.2. The van der Waals surface area contributed by atoms with Crippen LogP contribution in [0.2, 0.25) is 0 Å². The Kier molecular flexibility index (Phi) is 6.47. The maximum absolute atomic E-state index is 11.7. The predicted octanol–water partition coefficient (Wildman–Crippen LogP) is 1.10. The van der Waals surface area contributed by atoms with Gasteiger partial charge in [-0.15, -0.1) is 0 Å². The molecule has 0 aliphatic carbocycles. The van der Waals surface area contributed by atoms with Crippen LogP contribution in [0.25, 0.3) is 0 Å². The number of esters is 1. The highest BCUT2D eigenvalue weighted by atomic mass is 16.5. The standard InChI is InChI=1S/C17H17N3O5/c1-2-24-17(23)12-5-7-14(8-6-12)25-11-15(21)19-20-16(22)13-4-3-9-18-10-13/h3-10H,2,11H2,1H3,(H,19,21)(H,20,22). The predicted molar refractivity (Wildman–Crippen MR) is 87.7 cm³/mol. The van der Waals surface area contributed by atoms with Crippen molar-refractivity contribution in [1.29, 1.82) is 0 Å². The third-order valence-corrected chi connectivity index (χ3v) is 2.97. The zero-order valence-electron chi connectivity index (χ0n) is 13.5. The van der Waals surface area contributed by atoms with Crippen molar-refractivity contribution >= 4 is 17.8 Å². The van der Waals surface area contributed by atoms with Gasteiger partial charge in [0.2, 0.25) is 0 Å². The molecule has 8 nitrogen and oxygen atoms in total. The van der Waals surface area contributed by atoms with Crippen LogP contribution >= 0.6 is 0 Å². The molecule has 1 heterocycles. The van der Waals surface area contributed by atoms with E-state index in [0.29, 0.717) is 23.5 Å². The molecule has 0 saturated heterocycles. The van der Waals surface area contributed by atoms with Gasteiger partial charge in [-0.05, 0) is 43.3 Å². The van der Waals surface area contributed by atoms with Crippen LogP contribution in [-0.2, 0) is 9.53 Å². The lowest BCUT2D eigenvalue weighted by Crippen LogP contribution is -2.43. The first-order valence-corrected chi connectivity index (χ1v) is 7.49. The van der Waals surface area contributed by atoms with E-state index in [2.05, 4.69) is 15.8 Å². The van der Waals surface area contributed by atoms with Crippen LogP contribution in [0.1, 0.15) is 27.6 Å². The molecule has 1 aromatic heterocycles. The Bertz CT molecular complexity index is 732. The van der Waals surface area contributed by atoms with E-state index < -0.39 is 17.8 Å². The van der Waals surface area contributed by atoms with Gasteiger partial charge >= 0.3 is 5.97 Å². The Hall–Kier alpha value is -3.42. The van der Waals surface area contributed by atoms with Crippen molar-refractivity contribution in [1.82, 2.24) is 15.8 Å². The number of nitrogens with one attached hydrogen (secondary N) is 2. The third-order valence-electron chi connectivity index (χ3n) is 2.97. The number of benzene rings is 1. The van der Waals surface area contributed by atoms with Crippen molar-refractivity contribution in [3.05, 3.63) is 59.9 Å². The number of carbonyl (C=O) groups excluding carboxylic acids is 3. The fraction of sp³-hybridized carbons (Fsp3) is 0.176. The Labute approximate surface area is 144 Å². The molecule has 2 N–H and O–H groups in total. The number of rotatable bonds is 6. The molecule has 2 amide bonds. The molecule has 0 unspecified atom stereocenters. The molecule has 0 aliphatic rings. The minimum Gasteiger partial charge on any atom is -0.484 e. The van der Waals surface area contributed by atoms with E-state index in [-0.39, 0.29) is 6.61 Å². The minimum absolute atomic E-state index is 0.294. The van der Waals surface area contributed by atoms with Gasteiger partial charge < -0.3 is 9.47 Å². The maximum Gasteiger partial charge on any atom is 0.338 e. The Balaban J connectivity index is 1.76. The summed E-state index contributed by atoms with van der Waals surface area (Å²) in [6, 6.07) is 9.35. The summed E-state index contributed by atoms with van der Waals surface area (Å²) in [5.74, 6) is -1.04. The second kappa shape index (κ2) is 9.02. The van der Waals surface area contributed by atoms with E-state index in [1.807, 2.05) is 0 Å².